The summed E-state index contributed by atoms with van der Waals surface area (Å²) in [6, 6.07) is 6.08. The molecule has 0 saturated heterocycles. The third kappa shape index (κ3) is 1.16. The lowest BCUT2D eigenvalue weighted by Crippen LogP contribution is -1.75. The van der Waals surface area contributed by atoms with Gasteiger partial charge in [0.05, 0.1) is 0 Å². The Hall–Kier alpha value is -0.830. The number of hydrogen-bond donors (Lipinski definition) is 1. The molecule has 2 aromatic heterocycles. The van der Waals surface area contributed by atoms with Crippen LogP contribution >= 0.6 is 15.9 Å². The largest absolute Gasteiger partial charge is 0.342 e. The first-order valence-electron chi connectivity index (χ1n) is 3.39. The van der Waals surface area contributed by atoms with Crippen molar-refractivity contribution in [1.29, 1.82) is 0 Å². The van der Waals surface area contributed by atoms with E-state index in [2.05, 4.69) is 32.0 Å². The van der Waals surface area contributed by atoms with Gasteiger partial charge in [0, 0.05) is 22.6 Å². The van der Waals surface area contributed by atoms with Gasteiger partial charge >= 0.3 is 0 Å². The maximum Gasteiger partial charge on any atom is 0.137 e. The van der Waals surface area contributed by atoms with Crippen LogP contribution in [0.4, 0.5) is 0 Å². The first-order chi connectivity index (χ1) is 5.40. The molecule has 0 radical (unpaired) electrons. The van der Waals surface area contributed by atoms with Crippen LogP contribution in [0.1, 0.15) is 5.69 Å². The van der Waals surface area contributed by atoms with Crippen molar-refractivity contribution in [2.45, 2.75) is 5.33 Å². The summed E-state index contributed by atoms with van der Waals surface area (Å²) in [5.74, 6) is 0. The van der Waals surface area contributed by atoms with Crippen molar-refractivity contribution in [3.05, 3.63) is 30.1 Å². The molecule has 2 aromatic rings. The molecule has 11 heavy (non-hydrogen) atoms. The minimum absolute atomic E-state index is 0.851. The summed E-state index contributed by atoms with van der Waals surface area (Å²) in [5, 5.41) is 2.02. The van der Waals surface area contributed by atoms with Crippen LogP contribution < -0.4 is 0 Å². The number of alkyl halides is 1. The molecule has 1 N–H and O–H groups in total. The Morgan fingerprint density at radius 2 is 2.45 bits per heavy atom. The molecule has 0 unspecified atom stereocenters. The summed E-state index contributed by atoms with van der Waals surface area (Å²) < 4.78 is 0. The van der Waals surface area contributed by atoms with Crippen LogP contribution in [0.3, 0.4) is 0 Å². The molecule has 0 aliphatic heterocycles. The van der Waals surface area contributed by atoms with Crippen molar-refractivity contribution in [2.24, 2.45) is 0 Å². The highest BCUT2D eigenvalue weighted by Crippen LogP contribution is 2.13. The van der Waals surface area contributed by atoms with Gasteiger partial charge in [0.25, 0.3) is 0 Å². The summed E-state index contributed by atoms with van der Waals surface area (Å²) in [6.45, 7) is 0. The zero-order valence-electron chi connectivity index (χ0n) is 5.84. The molecule has 0 saturated carbocycles. The molecule has 0 fully saturated rings. The Labute approximate surface area is 72.8 Å². The second-order valence-electron chi connectivity index (χ2n) is 2.37. The number of fused-ring (bicyclic) bond motifs is 1. The fourth-order valence-electron chi connectivity index (χ4n) is 1.09. The summed E-state index contributed by atoms with van der Waals surface area (Å²) >= 11 is 3.38. The van der Waals surface area contributed by atoms with E-state index in [4.69, 9.17) is 0 Å². The first kappa shape index (κ1) is 6.85. The quantitative estimate of drug-likeness (QED) is 0.721. The van der Waals surface area contributed by atoms with Crippen LogP contribution in [-0.4, -0.2) is 9.97 Å². The number of aromatic nitrogens is 2. The van der Waals surface area contributed by atoms with Crippen molar-refractivity contribution >= 4 is 27.0 Å². The van der Waals surface area contributed by atoms with Gasteiger partial charge in [0.15, 0.2) is 0 Å². The first-order valence-corrected chi connectivity index (χ1v) is 4.51. The Morgan fingerprint density at radius 3 is 3.18 bits per heavy atom. The molecule has 0 atom stereocenters. The van der Waals surface area contributed by atoms with E-state index in [9.17, 15) is 0 Å². The minimum atomic E-state index is 0.851. The van der Waals surface area contributed by atoms with Gasteiger partial charge in [-0.1, -0.05) is 15.9 Å². The highest BCUT2D eigenvalue weighted by molar-refractivity contribution is 9.08. The van der Waals surface area contributed by atoms with Crippen LogP contribution in [0.2, 0.25) is 0 Å². The summed E-state index contributed by atoms with van der Waals surface area (Å²) in [5.41, 5.74) is 2.13. The highest BCUT2D eigenvalue weighted by Gasteiger charge is 1.97. The fourth-order valence-corrected chi connectivity index (χ4v) is 1.39. The average Bonchev–Trinajstić information content (AvgIpc) is 2.46. The van der Waals surface area contributed by atoms with Crippen molar-refractivity contribution in [3.63, 3.8) is 0 Å². The van der Waals surface area contributed by atoms with Crippen LogP contribution in [0.15, 0.2) is 24.4 Å². The molecule has 0 spiro atoms. The van der Waals surface area contributed by atoms with E-state index in [0.717, 1.165) is 11.0 Å². The van der Waals surface area contributed by atoms with Crippen molar-refractivity contribution < 1.29 is 0 Å². The molecular formula is C8H7BrN2. The third-order valence-electron chi connectivity index (χ3n) is 1.59. The fraction of sp³-hybridized carbons (Fsp3) is 0.125. The number of aromatic amines is 1. The molecular weight excluding hydrogens is 204 g/mol. The highest BCUT2D eigenvalue weighted by atomic mass is 79.9. The van der Waals surface area contributed by atoms with Gasteiger partial charge in [-0.25, -0.2) is 4.98 Å². The predicted octanol–water partition coefficient (Wildman–Crippen LogP) is 2.46. The van der Waals surface area contributed by atoms with E-state index < -0.39 is 0 Å². The van der Waals surface area contributed by atoms with Crippen LogP contribution in [0.5, 0.6) is 0 Å². The number of hydrogen-bond acceptors (Lipinski definition) is 1. The molecule has 3 heteroatoms. The van der Waals surface area contributed by atoms with Gasteiger partial charge in [0.1, 0.15) is 5.65 Å². The Kier molecular flexibility index (Phi) is 1.66. The molecule has 0 aliphatic carbocycles. The molecule has 2 rings (SSSR count). The zero-order valence-corrected chi connectivity index (χ0v) is 7.43. The molecule has 0 amide bonds. The van der Waals surface area contributed by atoms with Crippen molar-refractivity contribution in [1.82, 2.24) is 9.97 Å². The van der Waals surface area contributed by atoms with E-state index in [1.165, 1.54) is 11.1 Å². The second-order valence-corrected chi connectivity index (χ2v) is 2.93. The predicted molar refractivity (Wildman–Crippen MR) is 48.7 cm³/mol. The topological polar surface area (TPSA) is 28.7 Å². The number of H-pyrrole nitrogens is 1. The van der Waals surface area contributed by atoms with Crippen LogP contribution in [0.25, 0.3) is 11.0 Å². The van der Waals surface area contributed by atoms with Gasteiger partial charge < -0.3 is 4.98 Å². The lowest BCUT2D eigenvalue weighted by atomic mass is 10.3. The normalized spacial score (nSPS) is 10.6. The summed E-state index contributed by atoms with van der Waals surface area (Å²) in [6.07, 6.45) is 1.79. The monoisotopic (exact) mass is 210 g/mol. The molecule has 0 bridgehead atoms. The van der Waals surface area contributed by atoms with Gasteiger partial charge in [-0.3, -0.25) is 0 Å². The Bertz CT molecular complexity index is 334. The lowest BCUT2D eigenvalue weighted by molar-refractivity contribution is 1.23. The maximum absolute atomic E-state index is 4.17. The number of rotatable bonds is 1. The maximum atomic E-state index is 4.17. The Morgan fingerprint density at radius 1 is 1.55 bits per heavy atom. The smallest absolute Gasteiger partial charge is 0.137 e. The standard InChI is InChI=1S/C8H7BrN2/c9-5-7-4-6-2-1-3-10-8(6)11-7/h1-4H,5H2,(H,10,11). The van der Waals surface area contributed by atoms with Gasteiger partial charge in [-0.2, -0.15) is 0 Å². The van der Waals surface area contributed by atoms with E-state index in [1.807, 2.05) is 12.1 Å². The third-order valence-corrected chi connectivity index (χ3v) is 2.20. The second kappa shape index (κ2) is 2.66. The lowest BCUT2D eigenvalue weighted by Gasteiger charge is -1.83. The van der Waals surface area contributed by atoms with E-state index in [1.54, 1.807) is 6.20 Å². The van der Waals surface area contributed by atoms with Gasteiger partial charge in [-0.05, 0) is 18.2 Å². The molecule has 2 nitrogen and oxygen atoms in total. The molecule has 2 heterocycles. The number of nitrogens with one attached hydrogen (secondary N) is 1. The Balaban J connectivity index is 2.69. The SMILES string of the molecule is BrCc1cc2cccnc2[nH]1. The minimum Gasteiger partial charge on any atom is -0.342 e. The van der Waals surface area contributed by atoms with Crippen molar-refractivity contribution in [2.75, 3.05) is 0 Å². The van der Waals surface area contributed by atoms with E-state index in [0.29, 0.717) is 0 Å². The average molecular weight is 211 g/mol. The van der Waals surface area contributed by atoms with E-state index >= 15 is 0 Å². The van der Waals surface area contributed by atoms with Gasteiger partial charge in [-0.15, -0.1) is 0 Å². The van der Waals surface area contributed by atoms with E-state index in [-0.39, 0.29) is 0 Å². The van der Waals surface area contributed by atoms with Crippen LogP contribution in [-0.2, 0) is 5.33 Å². The molecule has 0 aromatic carbocycles. The van der Waals surface area contributed by atoms with Gasteiger partial charge in [0.2, 0.25) is 0 Å². The summed E-state index contributed by atoms with van der Waals surface area (Å²) in [4.78, 5) is 7.36. The van der Waals surface area contributed by atoms with Crippen molar-refractivity contribution in [3.8, 4) is 0 Å². The molecule has 0 aliphatic rings. The number of pyridine rings is 1. The number of halogens is 1. The summed E-state index contributed by atoms with van der Waals surface area (Å²) in [7, 11) is 0. The number of nitrogens with zero attached hydrogens (tertiary/aromatic N) is 1. The van der Waals surface area contributed by atoms with Crippen LogP contribution in [0, 0.1) is 0 Å². The zero-order chi connectivity index (χ0) is 7.68. The molecule has 56 valence electrons.